The molecule has 0 saturated carbocycles. The van der Waals surface area contributed by atoms with Crippen LogP contribution >= 0.6 is 23.3 Å². The van der Waals surface area contributed by atoms with Gasteiger partial charge in [-0.25, -0.2) is 0 Å². The summed E-state index contributed by atoms with van der Waals surface area (Å²) in [6.45, 7) is 2.15. The molecule has 0 aromatic rings. The first-order valence-corrected chi connectivity index (χ1v) is 8.19. The van der Waals surface area contributed by atoms with Crippen molar-refractivity contribution in [3.8, 4) is 0 Å². The highest BCUT2D eigenvalue weighted by atomic mass is 79.9. The molecule has 0 spiro atoms. The summed E-state index contributed by atoms with van der Waals surface area (Å²) >= 11 is 3.13. The molecular weight excluding hydrogens is 283 g/mol. The van der Waals surface area contributed by atoms with E-state index < -0.39 is 7.37 Å². The third-order valence-electron chi connectivity index (χ3n) is 1.88. The van der Waals surface area contributed by atoms with Gasteiger partial charge in [-0.05, 0) is 19.8 Å². The number of esters is 1. The van der Waals surface area contributed by atoms with Gasteiger partial charge in [0.1, 0.15) is 0 Å². The van der Waals surface area contributed by atoms with Crippen LogP contribution in [0.25, 0.3) is 0 Å². The molecule has 6 heteroatoms. The van der Waals surface area contributed by atoms with Crippen molar-refractivity contribution >= 4 is 29.3 Å². The summed E-state index contributed by atoms with van der Waals surface area (Å²) in [5.74, 6) is -0.231. The van der Waals surface area contributed by atoms with Gasteiger partial charge in [-0.2, -0.15) is 0 Å². The van der Waals surface area contributed by atoms with E-state index in [1.54, 1.807) is 6.92 Å². The first kappa shape index (κ1) is 15.1. The average Bonchev–Trinajstić information content (AvgIpc) is 2.13. The summed E-state index contributed by atoms with van der Waals surface area (Å²) in [7, 11) is -2.97. The van der Waals surface area contributed by atoms with E-state index in [2.05, 4.69) is 15.9 Å². The molecule has 0 bridgehead atoms. The molecule has 0 rings (SSSR count). The maximum Gasteiger partial charge on any atom is 0.305 e. The molecule has 0 aromatic heterocycles. The highest BCUT2D eigenvalue weighted by Crippen LogP contribution is 2.41. The highest BCUT2D eigenvalue weighted by molar-refractivity contribution is 9.09. The van der Waals surface area contributed by atoms with Crippen molar-refractivity contribution in [2.75, 3.05) is 24.3 Å². The molecule has 4 nitrogen and oxygen atoms in total. The summed E-state index contributed by atoms with van der Waals surface area (Å²) < 4.78 is 16.1. The van der Waals surface area contributed by atoms with Crippen LogP contribution in [0.1, 0.15) is 26.2 Å². The SMILES string of the molecule is CCOC(=O)CCCCP(=O)(O)CCBr. The minimum Gasteiger partial charge on any atom is -0.466 e. The number of alkyl halides is 1. The van der Waals surface area contributed by atoms with Crippen LogP contribution in [-0.4, -0.2) is 35.1 Å². The Balaban J connectivity index is 3.53. The quantitative estimate of drug-likeness (QED) is 0.323. The molecule has 0 saturated heterocycles. The van der Waals surface area contributed by atoms with Crippen LogP contribution < -0.4 is 0 Å². The second-order valence-corrected chi connectivity index (χ2v) is 6.62. The lowest BCUT2D eigenvalue weighted by Crippen LogP contribution is -2.04. The van der Waals surface area contributed by atoms with Gasteiger partial charge in [0.2, 0.25) is 7.37 Å². The standard InChI is InChI=1S/C9H18BrO4P/c1-2-14-9(11)5-3-4-7-15(12,13)8-6-10/h2-8H2,1H3,(H,12,13). The Labute approximate surface area is 99.0 Å². The van der Waals surface area contributed by atoms with Crippen LogP contribution in [0.3, 0.4) is 0 Å². The number of carbonyl (C=O) groups is 1. The maximum absolute atomic E-state index is 11.4. The topological polar surface area (TPSA) is 63.6 Å². The third-order valence-corrected chi connectivity index (χ3v) is 4.82. The van der Waals surface area contributed by atoms with E-state index >= 15 is 0 Å². The van der Waals surface area contributed by atoms with Gasteiger partial charge in [0, 0.05) is 24.1 Å². The molecule has 0 aliphatic rings. The maximum atomic E-state index is 11.4. The summed E-state index contributed by atoms with van der Waals surface area (Å²) in [5, 5.41) is 0.540. The molecule has 1 N–H and O–H groups in total. The number of hydrogen-bond donors (Lipinski definition) is 1. The Bertz CT molecular complexity index is 232. The number of carbonyl (C=O) groups excluding carboxylic acids is 1. The smallest absolute Gasteiger partial charge is 0.305 e. The zero-order valence-electron chi connectivity index (χ0n) is 8.95. The van der Waals surface area contributed by atoms with Crippen molar-refractivity contribution in [1.82, 2.24) is 0 Å². The zero-order valence-corrected chi connectivity index (χ0v) is 11.4. The molecule has 15 heavy (non-hydrogen) atoms. The molecule has 0 aliphatic carbocycles. The molecule has 0 heterocycles. The number of halogens is 1. The molecular formula is C9H18BrO4P. The monoisotopic (exact) mass is 300 g/mol. The highest BCUT2D eigenvalue weighted by Gasteiger charge is 2.16. The molecule has 0 amide bonds. The van der Waals surface area contributed by atoms with Crippen LogP contribution in [0.2, 0.25) is 0 Å². The van der Waals surface area contributed by atoms with Crippen molar-refractivity contribution in [2.24, 2.45) is 0 Å². The summed E-state index contributed by atoms with van der Waals surface area (Å²) in [5.41, 5.74) is 0. The van der Waals surface area contributed by atoms with E-state index in [-0.39, 0.29) is 12.1 Å². The fourth-order valence-electron chi connectivity index (χ4n) is 1.11. The molecule has 0 radical (unpaired) electrons. The molecule has 0 fully saturated rings. The van der Waals surface area contributed by atoms with Gasteiger partial charge in [0.15, 0.2) is 0 Å². The number of hydrogen-bond acceptors (Lipinski definition) is 3. The van der Waals surface area contributed by atoms with E-state index in [4.69, 9.17) is 4.74 Å². The van der Waals surface area contributed by atoms with Crippen molar-refractivity contribution in [3.63, 3.8) is 0 Å². The van der Waals surface area contributed by atoms with Gasteiger partial charge in [-0.15, -0.1) is 0 Å². The van der Waals surface area contributed by atoms with Crippen LogP contribution in [0, 0.1) is 0 Å². The van der Waals surface area contributed by atoms with E-state index in [1.807, 2.05) is 0 Å². The molecule has 1 unspecified atom stereocenters. The normalized spacial score (nSPS) is 14.6. The number of rotatable bonds is 8. The lowest BCUT2D eigenvalue weighted by Gasteiger charge is -2.09. The average molecular weight is 301 g/mol. The lowest BCUT2D eigenvalue weighted by atomic mass is 10.2. The zero-order chi connectivity index (χ0) is 11.7. The first-order valence-electron chi connectivity index (χ1n) is 5.04. The Morgan fingerprint density at radius 3 is 2.60 bits per heavy atom. The predicted molar refractivity (Wildman–Crippen MR) is 63.8 cm³/mol. The van der Waals surface area contributed by atoms with E-state index in [0.717, 1.165) is 0 Å². The van der Waals surface area contributed by atoms with Crippen LogP contribution in [-0.2, 0) is 14.1 Å². The summed E-state index contributed by atoms with van der Waals surface area (Å²) in [6.07, 6.45) is 2.14. The summed E-state index contributed by atoms with van der Waals surface area (Å²) in [4.78, 5) is 20.3. The summed E-state index contributed by atoms with van der Waals surface area (Å²) in [6, 6.07) is 0. The molecule has 1 atom stereocenters. The second-order valence-electron chi connectivity index (χ2n) is 3.24. The van der Waals surface area contributed by atoms with E-state index in [0.29, 0.717) is 37.4 Å². The van der Waals surface area contributed by atoms with Crippen LogP contribution in [0.5, 0.6) is 0 Å². The van der Waals surface area contributed by atoms with Gasteiger partial charge in [0.05, 0.1) is 6.61 Å². The first-order chi connectivity index (χ1) is 7.02. The van der Waals surface area contributed by atoms with Gasteiger partial charge in [-0.3, -0.25) is 9.36 Å². The fraction of sp³-hybridized carbons (Fsp3) is 0.889. The number of unbranched alkanes of at least 4 members (excludes halogenated alkanes) is 1. The van der Waals surface area contributed by atoms with Crippen LogP contribution in [0.4, 0.5) is 0 Å². The Hall–Kier alpha value is 0.140. The third kappa shape index (κ3) is 9.09. The van der Waals surface area contributed by atoms with Gasteiger partial charge in [0.25, 0.3) is 0 Å². The van der Waals surface area contributed by atoms with Crippen molar-refractivity contribution < 1.29 is 19.0 Å². The van der Waals surface area contributed by atoms with Crippen molar-refractivity contribution in [1.29, 1.82) is 0 Å². The fourth-order valence-corrected chi connectivity index (χ4v) is 3.97. The Kier molecular flexibility index (Phi) is 8.39. The number of ether oxygens (including phenoxy) is 1. The molecule has 0 aromatic carbocycles. The lowest BCUT2D eigenvalue weighted by molar-refractivity contribution is -0.143. The van der Waals surface area contributed by atoms with E-state index in [1.165, 1.54) is 0 Å². The van der Waals surface area contributed by atoms with Gasteiger partial charge in [-0.1, -0.05) is 15.9 Å². The van der Waals surface area contributed by atoms with E-state index in [9.17, 15) is 14.3 Å². The minimum absolute atomic E-state index is 0.231. The molecule has 0 aliphatic heterocycles. The second kappa shape index (κ2) is 8.31. The predicted octanol–water partition coefficient (Wildman–Crippen LogP) is 2.39. The Morgan fingerprint density at radius 2 is 2.07 bits per heavy atom. The van der Waals surface area contributed by atoms with Crippen molar-refractivity contribution in [3.05, 3.63) is 0 Å². The van der Waals surface area contributed by atoms with Crippen molar-refractivity contribution in [2.45, 2.75) is 26.2 Å². The van der Waals surface area contributed by atoms with Gasteiger partial charge < -0.3 is 9.63 Å². The minimum atomic E-state index is -2.97. The van der Waals surface area contributed by atoms with Crippen LogP contribution in [0.15, 0.2) is 0 Å². The van der Waals surface area contributed by atoms with Gasteiger partial charge >= 0.3 is 5.97 Å². The Morgan fingerprint density at radius 1 is 1.40 bits per heavy atom. The largest absolute Gasteiger partial charge is 0.466 e. The molecule has 90 valence electrons.